The third-order valence-electron chi connectivity index (χ3n) is 4.33. The lowest BCUT2D eigenvalue weighted by Gasteiger charge is -2.16. The molecule has 0 aromatic heterocycles. The second-order valence-corrected chi connectivity index (χ2v) is 9.80. The molecule has 0 spiro atoms. The fourth-order valence-corrected chi connectivity index (χ4v) is 5.72. The topological polar surface area (TPSA) is 63.2 Å². The predicted octanol–water partition coefficient (Wildman–Crippen LogP) is 1.96. The Morgan fingerprint density at radius 3 is 2.82 bits per heavy atom. The lowest BCUT2D eigenvalue weighted by molar-refractivity contribution is -0.120. The van der Waals surface area contributed by atoms with E-state index in [0.29, 0.717) is 6.42 Å². The molecule has 22 heavy (non-hydrogen) atoms. The average molecular weight is 339 g/mol. The number of hydrogen-bond donors (Lipinski definition) is 1. The van der Waals surface area contributed by atoms with E-state index in [-0.39, 0.29) is 28.7 Å². The molecule has 0 bridgehead atoms. The van der Waals surface area contributed by atoms with Crippen molar-refractivity contribution in [3.63, 3.8) is 0 Å². The van der Waals surface area contributed by atoms with E-state index < -0.39 is 9.84 Å². The van der Waals surface area contributed by atoms with E-state index in [1.54, 1.807) is 0 Å². The van der Waals surface area contributed by atoms with Gasteiger partial charge in [-0.05, 0) is 55.9 Å². The number of benzene rings is 1. The van der Waals surface area contributed by atoms with Crippen LogP contribution in [-0.4, -0.2) is 37.1 Å². The average Bonchev–Trinajstić information content (AvgIpc) is 3.04. The molecule has 1 fully saturated rings. The Kier molecular flexibility index (Phi) is 4.50. The lowest BCUT2D eigenvalue weighted by Crippen LogP contribution is -2.39. The van der Waals surface area contributed by atoms with Crippen LogP contribution in [0.5, 0.6) is 0 Å². The van der Waals surface area contributed by atoms with Gasteiger partial charge in [0.15, 0.2) is 9.84 Å². The molecule has 120 valence electrons. The summed E-state index contributed by atoms with van der Waals surface area (Å²) < 4.78 is 22.9. The van der Waals surface area contributed by atoms with Crippen molar-refractivity contribution < 1.29 is 13.2 Å². The lowest BCUT2D eigenvalue weighted by atomic mass is 10.1. The highest BCUT2D eigenvalue weighted by Gasteiger charge is 2.30. The number of sulfone groups is 1. The summed E-state index contributed by atoms with van der Waals surface area (Å²) in [4.78, 5) is 13.3. The van der Waals surface area contributed by atoms with Gasteiger partial charge < -0.3 is 5.32 Å². The summed E-state index contributed by atoms with van der Waals surface area (Å²) in [5.74, 6) is 0.187. The minimum atomic E-state index is -2.95. The highest BCUT2D eigenvalue weighted by Crippen LogP contribution is 2.30. The number of carbonyl (C=O) groups is 1. The standard InChI is InChI=1S/C16H21NO3S2/c1-11(16(18)17-14-7-8-22(19,20)10-14)21-15-6-5-12-3-2-4-13(12)9-15/h5-6,9,11,14H,2-4,7-8,10H2,1H3,(H,17,18)/t11-,14-/m1/s1. The predicted molar refractivity (Wildman–Crippen MR) is 89.0 cm³/mol. The summed E-state index contributed by atoms with van der Waals surface area (Å²) in [7, 11) is -2.95. The number of aryl methyl sites for hydroxylation is 2. The summed E-state index contributed by atoms with van der Waals surface area (Å²) >= 11 is 1.54. The van der Waals surface area contributed by atoms with E-state index in [1.165, 1.54) is 29.3 Å². The fraction of sp³-hybridized carbons (Fsp3) is 0.562. The Morgan fingerprint density at radius 1 is 1.32 bits per heavy atom. The van der Waals surface area contributed by atoms with Crippen molar-refractivity contribution >= 4 is 27.5 Å². The highest BCUT2D eigenvalue weighted by molar-refractivity contribution is 8.00. The van der Waals surface area contributed by atoms with Crippen LogP contribution in [0.25, 0.3) is 0 Å². The molecule has 0 radical (unpaired) electrons. The fourth-order valence-electron chi connectivity index (χ4n) is 3.11. The van der Waals surface area contributed by atoms with Gasteiger partial charge in [0.25, 0.3) is 0 Å². The molecule has 1 N–H and O–H groups in total. The number of carbonyl (C=O) groups excluding carboxylic acids is 1. The van der Waals surface area contributed by atoms with Crippen LogP contribution in [-0.2, 0) is 27.5 Å². The SMILES string of the molecule is C[C@@H](Sc1ccc2c(c1)CCC2)C(=O)N[C@@H]1CCS(=O)(=O)C1. The molecule has 1 aliphatic carbocycles. The van der Waals surface area contributed by atoms with Crippen molar-refractivity contribution in [3.05, 3.63) is 29.3 Å². The van der Waals surface area contributed by atoms with Crippen LogP contribution in [0.3, 0.4) is 0 Å². The van der Waals surface area contributed by atoms with E-state index in [1.807, 2.05) is 6.92 Å². The first-order valence-corrected chi connectivity index (χ1v) is 10.4. The Labute approximate surface area is 136 Å². The first kappa shape index (κ1) is 15.9. The molecule has 2 aliphatic rings. The van der Waals surface area contributed by atoms with Gasteiger partial charge in [0.2, 0.25) is 5.91 Å². The summed E-state index contributed by atoms with van der Waals surface area (Å²) in [6.07, 6.45) is 4.04. The Bertz CT molecular complexity index is 685. The maximum Gasteiger partial charge on any atom is 0.233 e. The van der Waals surface area contributed by atoms with Gasteiger partial charge in [-0.1, -0.05) is 6.07 Å². The zero-order valence-corrected chi connectivity index (χ0v) is 14.3. The number of thioether (sulfide) groups is 1. The van der Waals surface area contributed by atoms with E-state index >= 15 is 0 Å². The maximum atomic E-state index is 12.2. The minimum Gasteiger partial charge on any atom is -0.351 e. The zero-order valence-electron chi connectivity index (χ0n) is 12.7. The van der Waals surface area contributed by atoms with Gasteiger partial charge in [-0.25, -0.2) is 8.42 Å². The van der Waals surface area contributed by atoms with Crippen LogP contribution in [0.4, 0.5) is 0 Å². The Hall–Kier alpha value is -1.01. The van der Waals surface area contributed by atoms with Gasteiger partial charge in [0.05, 0.1) is 16.8 Å². The molecular formula is C16H21NO3S2. The van der Waals surface area contributed by atoms with Crippen molar-refractivity contribution in [1.82, 2.24) is 5.32 Å². The van der Waals surface area contributed by atoms with Crippen LogP contribution in [0.2, 0.25) is 0 Å². The Balaban J connectivity index is 1.57. The minimum absolute atomic E-state index is 0.0763. The number of hydrogen-bond acceptors (Lipinski definition) is 4. The third kappa shape index (κ3) is 3.66. The normalized spacial score (nSPS) is 24.0. The van der Waals surface area contributed by atoms with E-state index in [9.17, 15) is 13.2 Å². The number of rotatable bonds is 4. The molecule has 1 amide bonds. The van der Waals surface area contributed by atoms with Crippen molar-refractivity contribution in [2.45, 2.75) is 48.8 Å². The third-order valence-corrected chi connectivity index (χ3v) is 7.19. The van der Waals surface area contributed by atoms with Crippen molar-refractivity contribution in [3.8, 4) is 0 Å². The first-order valence-electron chi connectivity index (χ1n) is 7.72. The van der Waals surface area contributed by atoms with Crippen molar-refractivity contribution in [2.75, 3.05) is 11.5 Å². The molecule has 4 nitrogen and oxygen atoms in total. The van der Waals surface area contributed by atoms with Gasteiger partial charge in [0, 0.05) is 10.9 Å². The number of nitrogens with one attached hydrogen (secondary N) is 1. The first-order chi connectivity index (χ1) is 10.4. The summed E-state index contributed by atoms with van der Waals surface area (Å²) in [6.45, 7) is 1.87. The van der Waals surface area contributed by atoms with Gasteiger partial charge >= 0.3 is 0 Å². The van der Waals surface area contributed by atoms with Crippen LogP contribution >= 0.6 is 11.8 Å². The van der Waals surface area contributed by atoms with Crippen LogP contribution in [0.15, 0.2) is 23.1 Å². The molecule has 0 saturated carbocycles. The second-order valence-electron chi connectivity index (χ2n) is 6.15. The number of fused-ring (bicyclic) bond motifs is 1. The van der Waals surface area contributed by atoms with Crippen LogP contribution in [0, 0.1) is 0 Å². The van der Waals surface area contributed by atoms with E-state index in [0.717, 1.165) is 17.7 Å². The summed E-state index contributed by atoms with van der Waals surface area (Å²) in [6, 6.07) is 6.22. The molecule has 1 aromatic rings. The molecular weight excluding hydrogens is 318 g/mol. The molecule has 1 heterocycles. The smallest absolute Gasteiger partial charge is 0.233 e. The van der Waals surface area contributed by atoms with Gasteiger partial charge in [-0.2, -0.15) is 0 Å². The quantitative estimate of drug-likeness (QED) is 0.852. The van der Waals surface area contributed by atoms with Crippen LogP contribution < -0.4 is 5.32 Å². The largest absolute Gasteiger partial charge is 0.351 e. The van der Waals surface area contributed by atoms with Crippen molar-refractivity contribution in [1.29, 1.82) is 0 Å². The van der Waals surface area contributed by atoms with Crippen molar-refractivity contribution in [2.24, 2.45) is 0 Å². The molecule has 1 saturated heterocycles. The van der Waals surface area contributed by atoms with E-state index in [2.05, 4.69) is 23.5 Å². The maximum absolute atomic E-state index is 12.2. The zero-order chi connectivity index (χ0) is 15.7. The molecule has 3 rings (SSSR count). The second kappa shape index (κ2) is 6.24. The highest BCUT2D eigenvalue weighted by atomic mass is 32.2. The van der Waals surface area contributed by atoms with Crippen LogP contribution in [0.1, 0.15) is 30.9 Å². The molecule has 1 aromatic carbocycles. The monoisotopic (exact) mass is 339 g/mol. The molecule has 2 atom stereocenters. The molecule has 1 aliphatic heterocycles. The molecule has 6 heteroatoms. The Morgan fingerprint density at radius 2 is 2.09 bits per heavy atom. The summed E-state index contributed by atoms with van der Waals surface area (Å²) in [5, 5.41) is 2.65. The van der Waals surface area contributed by atoms with E-state index in [4.69, 9.17) is 0 Å². The van der Waals surface area contributed by atoms with Gasteiger partial charge in [0.1, 0.15) is 0 Å². The summed E-state index contributed by atoms with van der Waals surface area (Å²) in [5.41, 5.74) is 2.83. The molecule has 0 unspecified atom stereocenters. The van der Waals surface area contributed by atoms with Gasteiger partial charge in [-0.15, -0.1) is 11.8 Å². The van der Waals surface area contributed by atoms with Gasteiger partial charge in [-0.3, -0.25) is 4.79 Å². The number of amides is 1.